The molecule has 4 rings (SSSR count). The van der Waals surface area contributed by atoms with Gasteiger partial charge >= 0.3 is 5.97 Å². The molecule has 34 heavy (non-hydrogen) atoms. The fourth-order valence-electron chi connectivity index (χ4n) is 4.41. The maximum atomic E-state index is 14.8. The lowest BCUT2D eigenvalue weighted by molar-refractivity contribution is 0.0728. The van der Waals surface area contributed by atoms with Crippen molar-refractivity contribution in [2.45, 2.75) is 31.6 Å². The molecule has 178 valence electrons. The summed E-state index contributed by atoms with van der Waals surface area (Å²) in [5.41, 5.74) is 0.653. The van der Waals surface area contributed by atoms with Crippen LogP contribution in [0.2, 0.25) is 0 Å². The first kappa shape index (κ1) is 23.8. The largest absolute Gasteiger partial charge is 0.497 e. The molecule has 3 aromatic carbocycles. The first-order chi connectivity index (χ1) is 16.4. The molecule has 0 spiro atoms. The third kappa shape index (κ3) is 4.94. The van der Waals surface area contributed by atoms with Crippen LogP contribution in [0.3, 0.4) is 0 Å². The number of hydrogen-bond donors (Lipinski definition) is 1. The van der Waals surface area contributed by atoms with E-state index in [1.807, 2.05) is 0 Å². The second kappa shape index (κ2) is 10.3. The van der Waals surface area contributed by atoms with Crippen LogP contribution in [-0.2, 0) is 0 Å². The summed E-state index contributed by atoms with van der Waals surface area (Å²) in [7, 11) is 1.45. The quantitative estimate of drug-likeness (QED) is 0.341. The number of esters is 1. The van der Waals surface area contributed by atoms with Gasteiger partial charge in [0.1, 0.15) is 17.3 Å². The molecular formula is C27H25F3O4. The van der Waals surface area contributed by atoms with E-state index in [1.54, 1.807) is 24.3 Å². The highest BCUT2D eigenvalue weighted by molar-refractivity contribution is 5.91. The summed E-state index contributed by atoms with van der Waals surface area (Å²) >= 11 is 0. The molecule has 1 saturated carbocycles. The minimum atomic E-state index is -1.23. The number of methoxy groups -OCH3 is 1. The molecule has 0 aromatic heterocycles. The highest BCUT2D eigenvalue weighted by Crippen LogP contribution is 2.37. The number of halogens is 3. The van der Waals surface area contributed by atoms with E-state index in [4.69, 9.17) is 9.47 Å². The fourth-order valence-corrected chi connectivity index (χ4v) is 4.41. The van der Waals surface area contributed by atoms with Crippen LogP contribution in [0.15, 0.2) is 54.6 Å². The number of ether oxygens (including phenoxy) is 2. The topological polar surface area (TPSA) is 55.8 Å². The molecule has 1 aliphatic rings. The zero-order chi connectivity index (χ0) is 24.2. The van der Waals surface area contributed by atoms with E-state index in [9.17, 15) is 23.1 Å². The Hall–Kier alpha value is -3.32. The molecular weight excluding hydrogens is 445 g/mol. The first-order valence-electron chi connectivity index (χ1n) is 11.2. The third-order valence-corrected chi connectivity index (χ3v) is 6.43. The average Bonchev–Trinajstić information content (AvgIpc) is 2.86. The maximum Gasteiger partial charge on any atom is 0.346 e. The van der Waals surface area contributed by atoms with Gasteiger partial charge < -0.3 is 14.6 Å². The Morgan fingerprint density at radius 1 is 0.912 bits per heavy atom. The van der Waals surface area contributed by atoms with Gasteiger partial charge in [-0.3, -0.25) is 0 Å². The number of carbonyl (C=O) groups excluding carboxylic acids is 1. The van der Waals surface area contributed by atoms with Crippen molar-refractivity contribution in [1.82, 2.24) is 0 Å². The van der Waals surface area contributed by atoms with Crippen LogP contribution in [0.25, 0.3) is 11.1 Å². The molecule has 1 fully saturated rings. The summed E-state index contributed by atoms with van der Waals surface area (Å²) in [5.74, 6) is -3.18. The van der Waals surface area contributed by atoms with Crippen molar-refractivity contribution in [2.24, 2.45) is 5.92 Å². The molecule has 0 heterocycles. The van der Waals surface area contributed by atoms with E-state index >= 15 is 0 Å². The van der Waals surface area contributed by atoms with E-state index in [2.05, 4.69) is 0 Å². The molecule has 0 aliphatic heterocycles. The minimum Gasteiger partial charge on any atom is -0.497 e. The fraction of sp³-hybridized carbons (Fsp3) is 0.296. The van der Waals surface area contributed by atoms with Gasteiger partial charge in [-0.1, -0.05) is 18.2 Å². The highest BCUT2D eigenvalue weighted by atomic mass is 19.2. The normalized spacial score (nSPS) is 17.9. The molecule has 3 aromatic rings. The van der Waals surface area contributed by atoms with Gasteiger partial charge in [0.25, 0.3) is 0 Å². The molecule has 0 unspecified atom stereocenters. The molecule has 1 N–H and O–H groups in total. The van der Waals surface area contributed by atoms with Gasteiger partial charge in [-0.2, -0.15) is 0 Å². The Morgan fingerprint density at radius 2 is 1.59 bits per heavy atom. The van der Waals surface area contributed by atoms with E-state index in [-0.39, 0.29) is 29.8 Å². The Morgan fingerprint density at radius 3 is 2.21 bits per heavy atom. The lowest BCUT2D eigenvalue weighted by Gasteiger charge is -2.28. The summed E-state index contributed by atoms with van der Waals surface area (Å²) in [4.78, 5) is 12.5. The van der Waals surface area contributed by atoms with Crippen LogP contribution < -0.4 is 9.47 Å². The predicted octanol–water partition coefficient (Wildman–Crippen LogP) is 6.26. The number of aliphatic hydroxyl groups excluding tert-OH is 1. The number of carbonyl (C=O) groups is 1. The molecule has 1 aliphatic carbocycles. The van der Waals surface area contributed by atoms with Crippen molar-refractivity contribution < 1.29 is 32.5 Å². The van der Waals surface area contributed by atoms with Gasteiger partial charge in [-0.05, 0) is 79.0 Å². The van der Waals surface area contributed by atoms with Gasteiger partial charge in [0.15, 0.2) is 11.6 Å². The number of benzene rings is 3. The van der Waals surface area contributed by atoms with Crippen LogP contribution in [0, 0.1) is 23.4 Å². The Balaban J connectivity index is 1.47. The SMILES string of the molecule is COc1ccc(-c2ccc(OC(=O)c3ccc(C4CCC(CO)CC4)c(F)c3F)cc2)c(F)c1. The molecule has 0 atom stereocenters. The van der Waals surface area contributed by atoms with E-state index in [1.165, 1.54) is 37.4 Å². The van der Waals surface area contributed by atoms with E-state index < -0.39 is 29.0 Å². The number of aliphatic hydroxyl groups is 1. The summed E-state index contributed by atoms with van der Waals surface area (Å²) in [6.45, 7) is 0.102. The van der Waals surface area contributed by atoms with Gasteiger partial charge in [-0.25, -0.2) is 18.0 Å². The van der Waals surface area contributed by atoms with Crippen molar-refractivity contribution in [3.8, 4) is 22.6 Å². The van der Waals surface area contributed by atoms with Gasteiger partial charge in [-0.15, -0.1) is 0 Å². The Labute approximate surface area is 196 Å². The smallest absolute Gasteiger partial charge is 0.346 e. The monoisotopic (exact) mass is 470 g/mol. The zero-order valence-electron chi connectivity index (χ0n) is 18.7. The van der Waals surface area contributed by atoms with Crippen molar-refractivity contribution in [2.75, 3.05) is 13.7 Å². The van der Waals surface area contributed by atoms with Crippen molar-refractivity contribution >= 4 is 5.97 Å². The summed E-state index contributed by atoms with van der Waals surface area (Å²) in [6.07, 6.45) is 2.82. The minimum absolute atomic E-state index is 0.102. The van der Waals surface area contributed by atoms with Crippen LogP contribution >= 0.6 is 0 Å². The summed E-state index contributed by atoms with van der Waals surface area (Å²) < 4.78 is 54.0. The van der Waals surface area contributed by atoms with E-state index in [0.717, 1.165) is 12.8 Å². The average molecular weight is 470 g/mol. The molecule has 0 saturated heterocycles. The maximum absolute atomic E-state index is 14.8. The summed E-state index contributed by atoms with van der Waals surface area (Å²) in [6, 6.07) is 13.2. The predicted molar refractivity (Wildman–Crippen MR) is 121 cm³/mol. The molecule has 7 heteroatoms. The lowest BCUT2D eigenvalue weighted by Crippen LogP contribution is -2.18. The molecule has 0 amide bonds. The van der Waals surface area contributed by atoms with Crippen LogP contribution in [0.5, 0.6) is 11.5 Å². The van der Waals surface area contributed by atoms with Crippen molar-refractivity contribution in [3.05, 3.63) is 83.2 Å². The Bertz CT molecular complexity index is 1170. The van der Waals surface area contributed by atoms with Crippen LogP contribution in [0.1, 0.15) is 47.5 Å². The molecule has 0 bridgehead atoms. The van der Waals surface area contributed by atoms with Crippen molar-refractivity contribution in [3.63, 3.8) is 0 Å². The van der Waals surface area contributed by atoms with Crippen molar-refractivity contribution in [1.29, 1.82) is 0 Å². The van der Waals surface area contributed by atoms with Gasteiger partial charge in [0.05, 0.1) is 12.7 Å². The standard InChI is InChI=1S/C27H25F3O4/c1-33-20-10-11-21(24(28)14-20)17-6-8-19(9-7-17)34-27(32)23-13-12-22(25(29)26(23)30)18-4-2-16(15-31)3-5-18/h6-14,16,18,31H,2-5,15H2,1H3. The number of rotatable bonds is 6. The first-order valence-corrected chi connectivity index (χ1v) is 11.2. The van der Waals surface area contributed by atoms with E-state index in [0.29, 0.717) is 29.7 Å². The lowest BCUT2D eigenvalue weighted by atomic mass is 9.78. The summed E-state index contributed by atoms with van der Waals surface area (Å²) in [5, 5.41) is 9.26. The zero-order valence-corrected chi connectivity index (χ0v) is 18.7. The number of hydrogen-bond acceptors (Lipinski definition) is 4. The van der Waals surface area contributed by atoms with Gasteiger partial charge in [0.2, 0.25) is 0 Å². The second-order valence-corrected chi connectivity index (χ2v) is 8.49. The van der Waals surface area contributed by atoms with Gasteiger partial charge in [0, 0.05) is 18.2 Å². The second-order valence-electron chi connectivity index (χ2n) is 8.49. The van der Waals surface area contributed by atoms with Crippen LogP contribution in [-0.4, -0.2) is 24.8 Å². The Kier molecular flexibility index (Phi) is 7.22. The third-order valence-electron chi connectivity index (χ3n) is 6.43. The molecule has 4 nitrogen and oxygen atoms in total. The highest BCUT2D eigenvalue weighted by Gasteiger charge is 2.27. The van der Waals surface area contributed by atoms with Crippen LogP contribution in [0.4, 0.5) is 13.2 Å². The molecule has 0 radical (unpaired) electrons.